The molecule has 3 saturated carbocycles. The molecule has 4 aliphatic rings. The normalized spacial score (nSPS) is 43.1. The maximum atomic E-state index is 9.92. The molecular formula is C27H42N2O2. The minimum Gasteiger partial charge on any atom is -0.411 e. The molecule has 4 aliphatic carbocycles. The fourth-order valence-electron chi connectivity index (χ4n) is 8.41. The lowest BCUT2D eigenvalue weighted by Gasteiger charge is -2.58. The van der Waals surface area contributed by atoms with Crippen molar-refractivity contribution in [1.29, 1.82) is 0 Å². The van der Waals surface area contributed by atoms with Crippen molar-refractivity contribution in [2.24, 2.45) is 50.7 Å². The second-order valence-electron chi connectivity index (χ2n) is 11.8. The van der Waals surface area contributed by atoms with Crippen molar-refractivity contribution in [3.05, 3.63) is 23.3 Å². The Hall–Kier alpha value is -1.58. The largest absolute Gasteiger partial charge is 0.411 e. The monoisotopic (exact) mass is 426 g/mol. The van der Waals surface area contributed by atoms with E-state index in [1.54, 1.807) is 0 Å². The van der Waals surface area contributed by atoms with Crippen LogP contribution in [0.25, 0.3) is 0 Å². The Bertz CT molecular complexity index is 821. The van der Waals surface area contributed by atoms with Crippen LogP contribution in [0, 0.1) is 40.4 Å². The summed E-state index contributed by atoms with van der Waals surface area (Å²) in [4.78, 5) is 0. The van der Waals surface area contributed by atoms with Gasteiger partial charge in [-0.2, -0.15) is 0 Å². The molecule has 0 aliphatic heterocycles. The first-order valence-electron chi connectivity index (χ1n) is 12.5. The van der Waals surface area contributed by atoms with E-state index in [-0.39, 0.29) is 5.41 Å². The highest BCUT2D eigenvalue weighted by molar-refractivity contribution is 6.09. The number of rotatable bonds is 4. The third-order valence-corrected chi connectivity index (χ3v) is 10.0. The van der Waals surface area contributed by atoms with Gasteiger partial charge < -0.3 is 10.4 Å². The van der Waals surface area contributed by atoms with Gasteiger partial charge in [-0.3, -0.25) is 0 Å². The van der Waals surface area contributed by atoms with Crippen molar-refractivity contribution in [3.63, 3.8) is 0 Å². The molecule has 0 amide bonds. The van der Waals surface area contributed by atoms with Gasteiger partial charge in [-0.25, -0.2) is 0 Å². The van der Waals surface area contributed by atoms with Gasteiger partial charge in [0.1, 0.15) is 0 Å². The van der Waals surface area contributed by atoms with Gasteiger partial charge in [0.15, 0.2) is 0 Å². The molecule has 0 aromatic rings. The Morgan fingerprint density at radius 3 is 2.58 bits per heavy atom. The number of nitrogens with zero attached hydrogens (tertiary/aromatic N) is 2. The number of allylic oxidation sites excluding steroid dienone is 4. The van der Waals surface area contributed by atoms with Gasteiger partial charge in [-0.1, -0.05) is 42.7 Å². The Labute approximate surface area is 188 Å². The minimum absolute atomic E-state index is 0.0349. The number of hydrogen-bond donors (Lipinski definition) is 2. The summed E-state index contributed by atoms with van der Waals surface area (Å²) in [5.41, 5.74) is 4.57. The van der Waals surface area contributed by atoms with E-state index in [0.29, 0.717) is 17.3 Å². The molecule has 4 nitrogen and oxygen atoms in total. The van der Waals surface area contributed by atoms with Crippen LogP contribution < -0.4 is 0 Å². The summed E-state index contributed by atoms with van der Waals surface area (Å²) in [5, 5.41) is 26.5. The quantitative estimate of drug-likeness (QED) is 0.283. The first-order valence-corrected chi connectivity index (χ1v) is 12.5. The van der Waals surface area contributed by atoms with E-state index in [4.69, 9.17) is 0 Å². The fraction of sp³-hybridized carbons (Fsp3) is 0.778. The van der Waals surface area contributed by atoms with Gasteiger partial charge in [0.2, 0.25) is 0 Å². The molecule has 0 aromatic heterocycles. The van der Waals surface area contributed by atoms with Crippen LogP contribution in [-0.4, -0.2) is 21.8 Å². The summed E-state index contributed by atoms with van der Waals surface area (Å²) < 4.78 is 0. The van der Waals surface area contributed by atoms with Gasteiger partial charge in [0.25, 0.3) is 0 Å². The van der Waals surface area contributed by atoms with E-state index >= 15 is 0 Å². The van der Waals surface area contributed by atoms with Crippen molar-refractivity contribution in [2.45, 2.75) is 92.4 Å². The molecular weight excluding hydrogens is 384 g/mol. The summed E-state index contributed by atoms with van der Waals surface area (Å²) in [6.45, 7) is 11.9. The Balaban J connectivity index is 1.59. The lowest BCUT2D eigenvalue weighted by atomic mass is 9.46. The molecule has 2 N–H and O–H groups in total. The summed E-state index contributed by atoms with van der Waals surface area (Å²) in [7, 11) is 0. The Kier molecular flexibility index (Phi) is 6.13. The third-order valence-electron chi connectivity index (χ3n) is 10.0. The third kappa shape index (κ3) is 3.68. The highest BCUT2D eigenvalue weighted by atomic mass is 16.4. The van der Waals surface area contributed by atoms with E-state index in [2.05, 4.69) is 51.0 Å². The Morgan fingerprint density at radius 2 is 1.90 bits per heavy atom. The van der Waals surface area contributed by atoms with Crippen LogP contribution in [0.4, 0.5) is 0 Å². The molecule has 0 bridgehead atoms. The molecule has 172 valence electrons. The molecule has 0 aromatic carbocycles. The molecule has 0 unspecified atom stereocenters. The zero-order valence-corrected chi connectivity index (χ0v) is 20.2. The molecule has 4 heteroatoms. The van der Waals surface area contributed by atoms with Crippen LogP contribution in [0.5, 0.6) is 0 Å². The van der Waals surface area contributed by atoms with Crippen LogP contribution in [0.15, 0.2) is 33.6 Å². The molecule has 0 radical (unpaired) electrons. The molecule has 3 fully saturated rings. The van der Waals surface area contributed by atoms with Gasteiger partial charge in [0.05, 0.1) is 11.4 Å². The maximum Gasteiger partial charge on any atom is 0.0836 e. The number of hydrogen-bond acceptors (Lipinski definition) is 4. The van der Waals surface area contributed by atoms with Crippen molar-refractivity contribution < 1.29 is 10.4 Å². The summed E-state index contributed by atoms with van der Waals surface area (Å²) in [5.74, 6) is 3.55. The average Bonchev–Trinajstić information content (AvgIpc) is 3.09. The highest BCUT2D eigenvalue weighted by Crippen LogP contribution is 2.67. The molecule has 31 heavy (non-hydrogen) atoms. The lowest BCUT2D eigenvalue weighted by Crippen LogP contribution is -2.53. The second-order valence-corrected chi connectivity index (χ2v) is 11.8. The topological polar surface area (TPSA) is 65.2 Å². The minimum atomic E-state index is 0.0349. The molecule has 7 atom stereocenters. The van der Waals surface area contributed by atoms with Gasteiger partial charge >= 0.3 is 0 Å². The van der Waals surface area contributed by atoms with Crippen LogP contribution in [0.1, 0.15) is 92.4 Å². The van der Waals surface area contributed by atoms with Crippen LogP contribution in [0.3, 0.4) is 0 Å². The SMILES string of the molecule is CC(C)=CCC[C@@H](C)[C@H]1CC[C@H]2[C@@H]3CC(=NO)C4=CC(=NO)CC[C@]4(C)[C@H]3CC[C@]12C. The predicted molar refractivity (Wildman–Crippen MR) is 127 cm³/mol. The molecule has 4 rings (SSSR count). The zero-order valence-electron chi connectivity index (χ0n) is 20.2. The van der Waals surface area contributed by atoms with Crippen molar-refractivity contribution >= 4 is 11.4 Å². The van der Waals surface area contributed by atoms with Crippen molar-refractivity contribution in [3.8, 4) is 0 Å². The summed E-state index contributed by atoms with van der Waals surface area (Å²) >= 11 is 0. The van der Waals surface area contributed by atoms with Gasteiger partial charge in [-0.05, 0) is 124 Å². The van der Waals surface area contributed by atoms with Crippen molar-refractivity contribution in [2.75, 3.05) is 0 Å². The predicted octanol–water partition coefficient (Wildman–Crippen LogP) is 7.22. The van der Waals surface area contributed by atoms with E-state index in [0.717, 1.165) is 54.0 Å². The van der Waals surface area contributed by atoms with Crippen LogP contribution >= 0.6 is 0 Å². The Morgan fingerprint density at radius 1 is 1.13 bits per heavy atom. The molecule has 0 heterocycles. The second kappa shape index (κ2) is 8.41. The van der Waals surface area contributed by atoms with E-state index in [1.807, 2.05) is 6.08 Å². The lowest BCUT2D eigenvalue weighted by molar-refractivity contribution is -0.0424. The maximum absolute atomic E-state index is 9.92. The van der Waals surface area contributed by atoms with Gasteiger partial charge in [0, 0.05) is 0 Å². The van der Waals surface area contributed by atoms with Gasteiger partial charge in [-0.15, -0.1) is 0 Å². The smallest absolute Gasteiger partial charge is 0.0836 e. The molecule has 0 spiro atoms. The van der Waals surface area contributed by atoms with E-state index in [9.17, 15) is 10.4 Å². The van der Waals surface area contributed by atoms with Crippen molar-refractivity contribution in [1.82, 2.24) is 0 Å². The van der Waals surface area contributed by atoms with Crippen LogP contribution in [-0.2, 0) is 0 Å². The number of fused-ring (bicyclic) bond motifs is 5. The standard InChI is InChI=1S/C27H42N2O2/c1-17(2)7-6-8-18(3)21-9-10-22-20-16-25(29-31)24-15-19(28-30)11-13-27(24,5)23(20)12-14-26(21,22)4/h7,15,18,20-23,30-31H,6,8-14,16H2,1-5H3/t18-,20+,21-,22+,23+,26-,27-/m1/s1. The van der Waals surface area contributed by atoms with Crippen LogP contribution in [0.2, 0.25) is 0 Å². The first-order chi connectivity index (χ1) is 14.7. The summed E-state index contributed by atoms with van der Waals surface area (Å²) in [6, 6.07) is 0. The fourth-order valence-corrected chi connectivity index (χ4v) is 8.41. The zero-order chi connectivity index (χ0) is 22.4. The highest BCUT2D eigenvalue weighted by Gasteiger charge is 2.60. The number of oxime groups is 2. The average molecular weight is 427 g/mol. The van der Waals surface area contributed by atoms with E-state index < -0.39 is 0 Å². The summed E-state index contributed by atoms with van der Waals surface area (Å²) in [6.07, 6.45) is 14.9. The van der Waals surface area contributed by atoms with E-state index in [1.165, 1.54) is 44.1 Å². The molecule has 0 saturated heterocycles. The first kappa shape index (κ1) is 22.6.